The first kappa shape index (κ1) is 17.1. The van der Waals surface area contributed by atoms with Gasteiger partial charge in [-0.2, -0.15) is 0 Å². The summed E-state index contributed by atoms with van der Waals surface area (Å²) in [4.78, 5) is 16.3. The molecule has 2 aromatic carbocycles. The van der Waals surface area contributed by atoms with E-state index in [1.54, 1.807) is 12.3 Å². The van der Waals surface area contributed by atoms with E-state index in [-0.39, 0.29) is 22.9 Å². The zero-order chi connectivity index (χ0) is 17.8. The number of carbonyl (C=O) groups excluding carboxylic acids is 1. The molecule has 0 saturated carbocycles. The number of benzene rings is 2. The summed E-state index contributed by atoms with van der Waals surface area (Å²) in [6.07, 6.45) is 1.65. The first-order valence-corrected chi connectivity index (χ1v) is 8.16. The van der Waals surface area contributed by atoms with Crippen LogP contribution >= 0.6 is 11.6 Å². The number of aryl methyl sites for hydroxylation is 1. The third-order valence-electron chi connectivity index (χ3n) is 3.80. The topological polar surface area (TPSA) is 42.0 Å². The number of amides is 1. The fourth-order valence-corrected chi connectivity index (χ4v) is 2.77. The van der Waals surface area contributed by atoms with Gasteiger partial charge in [-0.3, -0.25) is 9.78 Å². The Kier molecular flexibility index (Phi) is 5.10. The standard InChI is InChI=1S/C20H16ClFN2O/c1-13-11-15(9-10-23-13)14-5-7-16(8-6-14)24-20(25)12-17-18(21)3-2-4-19(17)22/h2-11H,12H2,1H3,(H,24,25). The summed E-state index contributed by atoms with van der Waals surface area (Å²) < 4.78 is 13.8. The molecule has 0 atom stereocenters. The van der Waals surface area contributed by atoms with Gasteiger partial charge in [-0.25, -0.2) is 4.39 Å². The van der Waals surface area contributed by atoms with Crippen molar-refractivity contribution in [3.05, 3.63) is 82.9 Å². The Bertz CT molecular complexity index is 890. The van der Waals surface area contributed by atoms with E-state index in [4.69, 9.17) is 11.6 Å². The minimum Gasteiger partial charge on any atom is -0.326 e. The molecule has 0 aliphatic rings. The lowest BCUT2D eigenvalue weighted by molar-refractivity contribution is -0.115. The molecule has 1 heterocycles. The Hall–Kier alpha value is -2.72. The molecule has 0 radical (unpaired) electrons. The second kappa shape index (κ2) is 7.45. The normalized spacial score (nSPS) is 10.5. The van der Waals surface area contributed by atoms with Crippen LogP contribution in [0.1, 0.15) is 11.3 Å². The largest absolute Gasteiger partial charge is 0.326 e. The Morgan fingerprint density at radius 1 is 1.12 bits per heavy atom. The number of nitrogens with one attached hydrogen (secondary N) is 1. The van der Waals surface area contributed by atoms with Crippen LogP contribution < -0.4 is 5.32 Å². The molecule has 3 nitrogen and oxygen atoms in total. The Labute approximate surface area is 150 Å². The number of hydrogen-bond acceptors (Lipinski definition) is 2. The maximum Gasteiger partial charge on any atom is 0.228 e. The van der Waals surface area contributed by atoms with Crippen molar-refractivity contribution in [2.24, 2.45) is 0 Å². The van der Waals surface area contributed by atoms with Gasteiger partial charge in [0.15, 0.2) is 0 Å². The molecule has 25 heavy (non-hydrogen) atoms. The van der Waals surface area contributed by atoms with Crippen LogP contribution in [0.15, 0.2) is 60.8 Å². The zero-order valence-electron chi connectivity index (χ0n) is 13.6. The summed E-state index contributed by atoms with van der Waals surface area (Å²) in [6, 6.07) is 15.8. The summed E-state index contributed by atoms with van der Waals surface area (Å²) in [5.41, 5.74) is 3.87. The van der Waals surface area contributed by atoms with Crippen molar-refractivity contribution in [2.75, 3.05) is 5.32 Å². The number of nitrogens with zero attached hydrogens (tertiary/aromatic N) is 1. The first-order chi connectivity index (χ1) is 12.0. The quantitative estimate of drug-likeness (QED) is 0.714. The molecule has 126 valence electrons. The molecule has 0 aliphatic heterocycles. The summed E-state index contributed by atoms with van der Waals surface area (Å²) in [6.45, 7) is 1.94. The van der Waals surface area contributed by atoms with Gasteiger partial charge >= 0.3 is 0 Å². The molecule has 1 aromatic heterocycles. The molecule has 3 aromatic rings. The molecule has 3 rings (SSSR count). The third-order valence-corrected chi connectivity index (χ3v) is 4.15. The van der Waals surface area contributed by atoms with E-state index in [0.29, 0.717) is 5.69 Å². The first-order valence-electron chi connectivity index (χ1n) is 7.79. The van der Waals surface area contributed by atoms with Gasteiger partial charge in [0.1, 0.15) is 5.82 Å². The maximum atomic E-state index is 13.8. The van der Waals surface area contributed by atoms with Gasteiger partial charge in [-0.15, -0.1) is 0 Å². The van der Waals surface area contributed by atoms with Gasteiger partial charge in [-0.05, 0) is 54.4 Å². The molecule has 0 fully saturated rings. The third kappa shape index (κ3) is 4.22. The smallest absolute Gasteiger partial charge is 0.228 e. The van der Waals surface area contributed by atoms with E-state index < -0.39 is 5.82 Å². The molecule has 0 bridgehead atoms. The van der Waals surface area contributed by atoms with Gasteiger partial charge in [0.05, 0.1) is 6.42 Å². The van der Waals surface area contributed by atoms with E-state index in [1.165, 1.54) is 12.1 Å². The lowest BCUT2D eigenvalue weighted by atomic mass is 10.1. The lowest BCUT2D eigenvalue weighted by Gasteiger charge is -2.09. The Morgan fingerprint density at radius 2 is 1.88 bits per heavy atom. The van der Waals surface area contributed by atoms with Crippen molar-refractivity contribution < 1.29 is 9.18 Å². The molecule has 0 spiro atoms. The molecule has 0 aliphatic carbocycles. The maximum absolute atomic E-state index is 13.8. The molecule has 1 N–H and O–H groups in total. The van der Waals surface area contributed by atoms with E-state index in [0.717, 1.165) is 16.8 Å². The monoisotopic (exact) mass is 354 g/mol. The summed E-state index contributed by atoms with van der Waals surface area (Å²) in [7, 11) is 0. The Morgan fingerprint density at radius 3 is 2.56 bits per heavy atom. The summed E-state index contributed by atoms with van der Waals surface area (Å²) >= 11 is 5.95. The molecule has 5 heteroatoms. The van der Waals surface area contributed by atoms with Crippen LogP contribution in [0.25, 0.3) is 11.1 Å². The minimum atomic E-state index is -0.481. The molecule has 0 saturated heterocycles. The van der Waals surface area contributed by atoms with Gasteiger partial charge < -0.3 is 5.32 Å². The van der Waals surface area contributed by atoms with Crippen molar-refractivity contribution >= 4 is 23.2 Å². The van der Waals surface area contributed by atoms with Crippen molar-refractivity contribution in [2.45, 2.75) is 13.3 Å². The minimum absolute atomic E-state index is 0.114. The van der Waals surface area contributed by atoms with Gasteiger partial charge in [0.25, 0.3) is 0 Å². The molecule has 0 unspecified atom stereocenters. The molecule has 1 amide bonds. The number of aromatic nitrogens is 1. The van der Waals surface area contributed by atoms with Gasteiger partial charge in [0.2, 0.25) is 5.91 Å². The van der Waals surface area contributed by atoms with Crippen LogP contribution in [0.4, 0.5) is 10.1 Å². The van der Waals surface area contributed by atoms with Crippen molar-refractivity contribution in [3.63, 3.8) is 0 Å². The molecular weight excluding hydrogens is 339 g/mol. The van der Waals surface area contributed by atoms with Crippen molar-refractivity contribution in [1.29, 1.82) is 0 Å². The number of anilines is 1. The number of carbonyl (C=O) groups is 1. The predicted octanol–water partition coefficient (Wildman–Crippen LogP) is 5.03. The summed E-state index contributed by atoms with van der Waals surface area (Å²) in [5.74, 6) is -0.800. The number of rotatable bonds is 4. The predicted molar refractivity (Wildman–Crippen MR) is 98.2 cm³/mol. The van der Waals surface area contributed by atoms with E-state index in [9.17, 15) is 9.18 Å². The SMILES string of the molecule is Cc1cc(-c2ccc(NC(=O)Cc3c(F)cccc3Cl)cc2)ccn1. The van der Waals surface area contributed by atoms with Gasteiger partial charge in [-0.1, -0.05) is 29.8 Å². The second-order valence-corrected chi connectivity index (χ2v) is 6.10. The highest BCUT2D eigenvalue weighted by Crippen LogP contribution is 2.23. The zero-order valence-corrected chi connectivity index (χ0v) is 14.3. The van der Waals surface area contributed by atoms with Crippen LogP contribution in [0.3, 0.4) is 0 Å². The second-order valence-electron chi connectivity index (χ2n) is 5.69. The average Bonchev–Trinajstić information content (AvgIpc) is 2.59. The Balaban J connectivity index is 1.70. The number of pyridine rings is 1. The van der Waals surface area contributed by atoms with E-state index >= 15 is 0 Å². The highest BCUT2D eigenvalue weighted by atomic mass is 35.5. The fourth-order valence-electron chi connectivity index (χ4n) is 2.54. The van der Waals surface area contributed by atoms with Crippen molar-refractivity contribution in [1.82, 2.24) is 4.98 Å². The van der Waals surface area contributed by atoms with Crippen LogP contribution in [0.2, 0.25) is 5.02 Å². The van der Waals surface area contributed by atoms with E-state index in [1.807, 2.05) is 43.3 Å². The van der Waals surface area contributed by atoms with Crippen LogP contribution in [0, 0.1) is 12.7 Å². The lowest BCUT2D eigenvalue weighted by Crippen LogP contribution is -2.15. The van der Waals surface area contributed by atoms with Crippen LogP contribution in [-0.2, 0) is 11.2 Å². The van der Waals surface area contributed by atoms with Crippen molar-refractivity contribution in [3.8, 4) is 11.1 Å². The average molecular weight is 355 g/mol. The highest BCUT2D eigenvalue weighted by Gasteiger charge is 2.12. The van der Waals surface area contributed by atoms with Crippen LogP contribution in [0.5, 0.6) is 0 Å². The summed E-state index contributed by atoms with van der Waals surface area (Å²) in [5, 5.41) is 3.01. The van der Waals surface area contributed by atoms with Gasteiger partial charge in [0, 0.05) is 28.2 Å². The number of halogens is 2. The van der Waals surface area contributed by atoms with Crippen LogP contribution in [-0.4, -0.2) is 10.9 Å². The molecular formula is C20H16ClFN2O. The fraction of sp³-hybridized carbons (Fsp3) is 0.100. The highest BCUT2D eigenvalue weighted by molar-refractivity contribution is 6.31. The van der Waals surface area contributed by atoms with E-state index in [2.05, 4.69) is 10.3 Å². The number of hydrogen-bond donors (Lipinski definition) is 1.